The second-order valence-electron chi connectivity index (χ2n) is 7.24. The molecule has 1 fully saturated rings. The van der Waals surface area contributed by atoms with Gasteiger partial charge in [0.2, 0.25) is 0 Å². The van der Waals surface area contributed by atoms with E-state index in [4.69, 9.17) is 0 Å². The molecule has 0 aromatic heterocycles. The van der Waals surface area contributed by atoms with Gasteiger partial charge in [0.15, 0.2) is 0 Å². The first-order valence-electron chi connectivity index (χ1n) is 9.90. The molecule has 0 spiro atoms. The highest BCUT2D eigenvalue weighted by Crippen LogP contribution is 2.29. The Balaban J connectivity index is 1.47. The van der Waals surface area contributed by atoms with E-state index >= 15 is 0 Å². The van der Waals surface area contributed by atoms with Crippen LogP contribution in [0, 0.1) is 0 Å². The van der Waals surface area contributed by atoms with Gasteiger partial charge in [-0.3, -0.25) is 4.79 Å². The number of piperidine rings is 1. The van der Waals surface area contributed by atoms with E-state index in [1.165, 1.54) is 12.1 Å². The van der Waals surface area contributed by atoms with Crippen LogP contribution in [0.2, 0.25) is 0 Å². The zero-order valence-electron chi connectivity index (χ0n) is 17.2. The van der Waals surface area contributed by atoms with Crippen molar-refractivity contribution in [2.75, 3.05) is 25.5 Å². The van der Waals surface area contributed by atoms with Crippen molar-refractivity contribution in [3.63, 3.8) is 0 Å². The summed E-state index contributed by atoms with van der Waals surface area (Å²) in [5.74, 6) is -0.139. The highest BCUT2D eigenvalue weighted by molar-refractivity contribution is 7.83. The molecule has 1 unspecified atom stereocenters. The summed E-state index contributed by atoms with van der Waals surface area (Å²) in [7, 11) is 0.262. The molecule has 7 nitrogen and oxygen atoms in total. The quantitative estimate of drug-likeness (QED) is 0.629. The average molecular weight is 469 g/mol. The lowest BCUT2D eigenvalue weighted by atomic mass is 10.0. The number of alkyl halides is 3. The zero-order valence-corrected chi connectivity index (χ0v) is 18.1. The molecule has 0 aliphatic carbocycles. The van der Waals surface area contributed by atoms with Crippen LogP contribution in [0.15, 0.2) is 53.4 Å². The molecular formula is C21H23F3N4O3S. The molecule has 11 heteroatoms. The zero-order chi connectivity index (χ0) is 23.3. The van der Waals surface area contributed by atoms with Crippen molar-refractivity contribution in [3.8, 4) is 0 Å². The number of carbonyl (C=O) groups excluding carboxylic acids is 2. The second kappa shape index (κ2) is 10.1. The minimum atomic E-state index is -4.43. The van der Waals surface area contributed by atoms with Crippen LogP contribution in [0.4, 0.5) is 23.7 Å². The number of anilines is 1. The van der Waals surface area contributed by atoms with Crippen LogP contribution in [-0.4, -0.2) is 47.2 Å². The van der Waals surface area contributed by atoms with Crippen LogP contribution in [0.25, 0.3) is 0 Å². The highest BCUT2D eigenvalue weighted by atomic mass is 32.2. The van der Waals surface area contributed by atoms with Gasteiger partial charge in [-0.1, -0.05) is 0 Å². The van der Waals surface area contributed by atoms with E-state index in [1.807, 2.05) is 0 Å². The third-order valence-electron chi connectivity index (χ3n) is 5.09. The smallest absolute Gasteiger partial charge is 0.338 e. The number of amides is 3. The fourth-order valence-electron chi connectivity index (χ4n) is 3.34. The van der Waals surface area contributed by atoms with Gasteiger partial charge in [0.1, 0.15) is 11.0 Å². The van der Waals surface area contributed by atoms with Crippen molar-refractivity contribution in [2.45, 2.75) is 30.0 Å². The van der Waals surface area contributed by atoms with Crippen LogP contribution >= 0.6 is 0 Å². The summed E-state index contributed by atoms with van der Waals surface area (Å²) in [4.78, 5) is 27.1. The van der Waals surface area contributed by atoms with Gasteiger partial charge in [-0.15, -0.1) is 0 Å². The molecule has 1 aliphatic heterocycles. The van der Waals surface area contributed by atoms with Crippen molar-refractivity contribution in [3.05, 3.63) is 59.7 Å². The lowest BCUT2D eigenvalue weighted by Crippen LogP contribution is -2.47. The van der Waals surface area contributed by atoms with Gasteiger partial charge in [0.25, 0.3) is 5.91 Å². The number of nitrogens with one attached hydrogen (secondary N) is 3. The summed E-state index contributed by atoms with van der Waals surface area (Å²) in [5.41, 5.74) is -0.0375. The van der Waals surface area contributed by atoms with Crippen LogP contribution < -0.4 is 15.4 Å². The molecule has 0 radical (unpaired) electrons. The summed E-state index contributed by atoms with van der Waals surface area (Å²) in [6, 6.07) is 10.1. The van der Waals surface area contributed by atoms with Crippen LogP contribution in [0.3, 0.4) is 0 Å². The molecule has 32 heavy (non-hydrogen) atoms. The molecule has 3 amide bonds. The van der Waals surface area contributed by atoms with Gasteiger partial charge >= 0.3 is 12.2 Å². The topological polar surface area (TPSA) is 90.5 Å². The number of halogens is 3. The molecule has 2 aromatic rings. The van der Waals surface area contributed by atoms with E-state index in [9.17, 15) is 27.0 Å². The van der Waals surface area contributed by atoms with Crippen molar-refractivity contribution in [1.29, 1.82) is 0 Å². The van der Waals surface area contributed by atoms with Crippen molar-refractivity contribution >= 4 is 28.6 Å². The fraction of sp³-hybridized carbons (Fsp3) is 0.333. The molecular weight excluding hydrogens is 445 g/mol. The Bertz CT molecular complexity index is 973. The predicted molar refractivity (Wildman–Crippen MR) is 114 cm³/mol. The number of rotatable bonds is 5. The van der Waals surface area contributed by atoms with Crippen LogP contribution in [-0.2, 0) is 17.2 Å². The molecule has 0 saturated carbocycles. The van der Waals surface area contributed by atoms with E-state index in [1.54, 1.807) is 36.2 Å². The monoisotopic (exact) mass is 468 g/mol. The Morgan fingerprint density at radius 2 is 1.59 bits per heavy atom. The van der Waals surface area contributed by atoms with Crippen LogP contribution in [0.5, 0.6) is 0 Å². The van der Waals surface area contributed by atoms with E-state index in [2.05, 4.69) is 15.4 Å². The summed E-state index contributed by atoms with van der Waals surface area (Å²) in [5, 5.41) is 5.31. The maximum atomic E-state index is 12.7. The van der Waals surface area contributed by atoms with E-state index in [0.717, 1.165) is 12.1 Å². The first kappa shape index (κ1) is 23.7. The number of hydrogen-bond donors (Lipinski definition) is 3. The highest BCUT2D eigenvalue weighted by Gasteiger charge is 2.30. The number of nitrogens with zero attached hydrogens (tertiary/aromatic N) is 1. The molecule has 0 bridgehead atoms. The SMILES string of the molecule is CNS(=O)c1ccc(C(=O)N2CCC(NC(=O)Nc3ccc(C(F)(F)F)cc3)CC2)cc1. The first-order chi connectivity index (χ1) is 15.2. The lowest BCUT2D eigenvalue weighted by molar-refractivity contribution is -0.137. The molecule has 3 rings (SSSR count). The Kier molecular flexibility index (Phi) is 7.52. The maximum Gasteiger partial charge on any atom is 0.416 e. The van der Waals surface area contributed by atoms with Gasteiger partial charge < -0.3 is 15.5 Å². The minimum Gasteiger partial charge on any atom is -0.338 e. The van der Waals surface area contributed by atoms with Gasteiger partial charge in [0, 0.05) is 30.4 Å². The number of hydrogen-bond acceptors (Lipinski definition) is 3. The largest absolute Gasteiger partial charge is 0.416 e. The van der Waals surface area contributed by atoms with E-state index in [-0.39, 0.29) is 17.6 Å². The van der Waals surface area contributed by atoms with E-state index < -0.39 is 28.8 Å². The van der Waals surface area contributed by atoms with Crippen molar-refractivity contribution < 1.29 is 27.0 Å². The summed E-state index contributed by atoms with van der Waals surface area (Å²) in [6.45, 7) is 0.905. The summed E-state index contributed by atoms with van der Waals surface area (Å²) in [6.07, 6.45) is -3.33. The number of likely N-dealkylation sites (tertiary alicyclic amines) is 1. The molecule has 1 heterocycles. The van der Waals surface area contributed by atoms with Crippen molar-refractivity contribution in [1.82, 2.24) is 14.9 Å². The Morgan fingerprint density at radius 1 is 1.00 bits per heavy atom. The molecule has 3 N–H and O–H groups in total. The third-order valence-corrected chi connectivity index (χ3v) is 6.16. The number of urea groups is 1. The van der Waals surface area contributed by atoms with Crippen LogP contribution in [0.1, 0.15) is 28.8 Å². The van der Waals surface area contributed by atoms with Gasteiger partial charge in [-0.05, 0) is 68.4 Å². The molecule has 1 aliphatic rings. The third kappa shape index (κ3) is 6.07. The maximum absolute atomic E-state index is 12.7. The Morgan fingerprint density at radius 3 is 2.12 bits per heavy atom. The average Bonchev–Trinajstić information content (AvgIpc) is 2.78. The summed E-state index contributed by atoms with van der Waals surface area (Å²) >= 11 is 0. The normalized spacial score (nSPS) is 15.8. The molecule has 1 atom stereocenters. The van der Waals surface area contributed by atoms with E-state index in [0.29, 0.717) is 36.4 Å². The Labute approximate surface area is 186 Å². The standard InChI is InChI=1S/C21H23F3N4O3S/c1-25-32(31)18-8-2-14(3-9-18)19(29)28-12-10-17(11-13-28)27-20(30)26-16-6-4-15(5-7-16)21(22,23)24/h2-9,17,25H,10-13H2,1H3,(H2,26,27,30). The molecule has 172 valence electrons. The molecule has 2 aromatic carbocycles. The summed E-state index contributed by atoms with van der Waals surface area (Å²) < 4.78 is 52.2. The fourth-order valence-corrected chi connectivity index (χ4v) is 3.96. The van der Waals surface area contributed by atoms with Gasteiger partial charge in [0.05, 0.1) is 10.5 Å². The number of carbonyl (C=O) groups is 2. The number of benzene rings is 2. The Hall–Kier alpha value is -2.92. The second-order valence-corrected chi connectivity index (χ2v) is 8.65. The van der Waals surface area contributed by atoms with Gasteiger partial charge in [-0.2, -0.15) is 13.2 Å². The molecule has 1 saturated heterocycles. The van der Waals surface area contributed by atoms with Gasteiger partial charge in [-0.25, -0.2) is 13.7 Å². The predicted octanol–water partition coefficient (Wildman–Crippen LogP) is 3.37. The lowest BCUT2D eigenvalue weighted by Gasteiger charge is -2.32. The first-order valence-corrected chi connectivity index (χ1v) is 11.1. The minimum absolute atomic E-state index is 0.139. The van der Waals surface area contributed by atoms with Crippen molar-refractivity contribution in [2.24, 2.45) is 0 Å².